The molecule has 4 nitrogen and oxygen atoms in total. The number of nitrogens with zero attached hydrogens (tertiary/aromatic N) is 2. The van der Waals surface area contributed by atoms with E-state index in [2.05, 4.69) is 38.4 Å². The van der Waals surface area contributed by atoms with Gasteiger partial charge in [0, 0.05) is 17.4 Å². The first-order valence-electron chi connectivity index (χ1n) is 6.04. The molecular weight excluding hydrogens is 294 g/mol. The summed E-state index contributed by atoms with van der Waals surface area (Å²) in [6.45, 7) is 3.91. The average Bonchev–Trinajstić information content (AvgIpc) is 2.80. The topological polar surface area (TPSA) is 51.0 Å². The molecule has 0 unspecified atom stereocenters. The van der Waals surface area contributed by atoms with Gasteiger partial charge in [0.2, 0.25) is 11.8 Å². The number of rotatable bonds is 6. The van der Waals surface area contributed by atoms with Crippen LogP contribution in [0.15, 0.2) is 33.2 Å². The molecule has 0 radical (unpaired) electrons. The third kappa shape index (κ3) is 3.92. The number of benzene rings is 1. The Kier molecular flexibility index (Phi) is 4.90. The highest BCUT2D eigenvalue weighted by Crippen LogP contribution is 2.13. The number of likely N-dealkylation sites (N-methyl/N-ethyl adjacent to an activating group) is 1. The molecular formula is C13H16BrN3O. The van der Waals surface area contributed by atoms with Crippen LogP contribution in [0.1, 0.15) is 24.3 Å². The van der Waals surface area contributed by atoms with Crippen molar-refractivity contribution < 1.29 is 4.42 Å². The zero-order valence-electron chi connectivity index (χ0n) is 10.3. The highest BCUT2D eigenvalue weighted by Gasteiger charge is 2.06. The number of hydrogen-bond acceptors (Lipinski definition) is 4. The van der Waals surface area contributed by atoms with E-state index in [0.29, 0.717) is 18.2 Å². The van der Waals surface area contributed by atoms with E-state index in [-0.39, 0.29) is 0 Å². The van der Waals surface area contributed by atoms with Gasteiger partial charge in [-0.05, 0) is 24.2 Å². The fraction of sp³-hybridized carbons (Fsp3) is 0.385. The number of nitrogens with one attached hydrogen (secondary N) is 1. The van der Waals surface area contributed by atoms with Gasteiger partial charge in [-0.1, -0.05) is 35.0 Å². The Labute approximate surface area is 115 Å². The summed E-state index contributed by atoms with van der Waals surface area (Å²) >= 11 is 3.41. The van der Waals surface area contributed by atoms with Crippen LogP contribution in [-0.2, 0) is 12.8 Å². The van der Waals surface area contributed by atoms with E-state index in [0.717, 1.165) is 24.0 Å². The van der Waals surface area contributed by atoms with Crippen molar-refractivity contribution in [2.24, 2.45) is 0 Å². The van der Waals surface area contributed by atoms with Crippen LogP contribution in [0.4, 0.5) is 0 Å². The highest BCUT2D eigenvalue weighted by molar-refractivity contribution is 9.10. The molecule has 1 N–H and O–H groups in total. The van der Waals surface area contributed by atoms with Crippen molar-refractivity contribution in [3.8, 4) is 0 Å². The van der Waals surface area contributed by atoms with Crippen molar-refractivity contribution in [1.82, 2.24) is 15.5 Å². The SMILES string of the molecule is CCNCCc1nnc(Cc2ccc(Br)cc2)o1. The summed E-state index contributed by atoms with van der Waals surface area (Å²) in [4.78, 5) is 0. The number of aromatic nitrogens is 2. The Morgan fingerprint density at radius 3 is 2.61 bits per heavy atom. The lowest BCUT2D eigenvalue weighted by Crippen LogP contribution is -2.16. The molecule has 96 valence electrons. The molecule has 2 aromatic rings. The molecule has 2 rings (SSSR count). The largest absolute Gasteiger partial charge is 0.425 e. The average molecular weight is 310 g/mol. The molecule has 0 aliphatic rings. The first-order chi connectivity index (χ1) is 8.78. The van der Waals surface area contributed by atoms with Gasteiger partial charge in [0.05, 0.1) is 6.42 Å². The third-order valence-electron chi connectivity index (χ3n) is 2.54. The summed E-state index contributed by atoms with van der Waals surface area (Å²) < 4.78 is 6.66. The second kappa shape index (κ2) is 6.66. The highest BCUT2D eigenvalue weighted by atomic mass is 79.9. The molecule has 0 saturated carbocycles. The minimum Gasteiger partial charge on any atom is -0.425 e. The van der Waals surface area contributed by atoms with E-state index in [9.17, 15) is 0 Å². The van der Waals surface area contributed by atoms with Crippen molar-refractivity contribution in [1.29, 1.82) is 0 Å². The molecule has 0 bridgehead atoms. The smallest absolute Gasteiger partial charge is 0.220 e. The normalized spacial score (nSPS) is 10.8. The summed E-state index contributed by atoms with van der Waals surface area (Å²) in [5, 5.41) is 11.3. The maximum Gasteiger partial charge on any atom is 0.220 e. The molecule has 0 atom stereocenters. The molecule has 0 spiro atoms. The lowest BCUT2D eigenvalue weighted by Gasteiger charge is -1.97. The van der Waals surface area contributed by atoms with Crippen molar-refractivity contribution in [3.05, 3.63) is 46.1 Å². The Morgan fingerprint density at radius 2 is 1.89 bits per heavy atom. The van der Waals surface area contributed by atoms with Gasteiger partial charge in [-0.3, -0.25) is 0 Å². The predicted molar refractivity (Wildman–Crippen MR) is 73.5 cm³/mol. The summed E-state index contributed by atoms with van der Waals surface area (Å²) in [5.74, 6) is 1.37. The van der Waals surface area contributed by atoms with Crippen LogP contribution in [-0.4, -0.2) is 23.3 Å². The predicted octanol–water partition coefficient (Wildman–Crippen LogP) is 2.57. The minimum atomic E-state index is 0.670. The maximum absolute atomic E-state index is 5.59. The van der Waals surface area contributed by atoms with Crippen LogP contribution in [0, 0.1) is 0 Å². The maximum atomic E-state index is 5.59. The molecule has 0 aliphatic heterocycles. The molecule has 1 aromatic carbocycles. The van der Waals surface area contributed by atoms with Crippen LogP contribution in [0.25, 0.3) is 0 Å². The fourth-order valence-corrected chi connectivity index (χ4v) is 1.87. The molecule has 0 aliphatic carbocycles. The monoisotopic (exact) mass is 309 g/mol. The summed E-state index contributed by atoms with van der Waals surface area (Å²) in [7, 11) is 0. The molecule has 0 saturated heterocycles. The minimum absolute atomic E-state index is 0.670. The Bertz CT molecular complexity index is 481. The quantitative estimate of drug-likeness (QED) is 0.833. The lowest BCUT2D eigenvalue weighted by molar-refractivity contribution is 0.452. The van der Waals surface area contributed by atoms with E-state index < -0.39 is 0 Å². The fourth-order valence-electron chi connectivity index (χ4n) is 1.61. The Balaban J connectivity index is 1.91. The summed E-state index contributed by atoms with van der Waals surface area (Å²) in [5.41, 5.74) is 1.17. The van der Waals surface area contributed by atoms with Gasteiger partial charge in [0.25, 0.3) is 0 Å². The van der Waals surface area contributed by atoms with Crippen LogP contribution in [0.3, 0.4) is 0 Å². The molecule has 1 aromatic heterocycles. The first kappa shape index (κ1) is 13.2. The summed E-state index contributed by atoms with van der Waals surface area (Å²) in [6.07, 6.45) is 1.46. The van der Waals surface area contributed by atoms with Gasteiger partial charge in [-0.25, -0.2) is 0 Å². The zero-order valence-corrected chi connectivity index (χ0v) is 11.9. The van der Waals surface area contributed by atoms with E-state index in [1.165, 1.54) is 5.56 Å². The second-order valence-electron chi connectivity index (χ2n) is 4.00. The van der Waals surface area contributed by atoms with Crippen LogP contribution in [0.2, 0.25) is 0 Å². The zero-order chi connectivity index (χ0) is 12.8. The lowest BCUT2D eigenvalue weighted by atomic mass is 10.1. The van der Waals surface area contributed by atoms with Gasteiger partial charge in [0.15, 0.2) is 0 Å². The van der Waals surface area contributed by atoms with Crippen molar-refractivity contribution in [2.75, 3.05) is 13.1 Å². The van der Waals surface area contributed by atoms with Crippen LogP contribution >= 0.6 is 15.9 Å². The van der Waals surface area contributed by atoms with Crippen LogP contribution < -0.4 is 5.32 Å². The molecule has 18 heavy (non-hydrogen) atoms. The number of halogens is 1. The van der Waals surface area contributed by atoms with E-state index in [1.54, 1.807) is 0 Å². The van der Waals surface area contributed by atoms with Crippen LogP contribution in [0.5, 0.6) is 0 Å². The van der Waals surface area contributed by atoms with Crippen molar-refractivity contribution >= 4 is 15.9 Å². The molecule has 0 fully saturated rings. The van der Waals surface area contributed by atoms with E-state index in [1.807, 2.05) is 24.3 Å². The van der Waals surface area contributed by atoms with Gasteiger partial charge in [0.1, 0.15) is 0 Å². The second-order valence-corrected chi connectivity index (χ2v) is 4.91. The third-order valence-corrected chi connectivity index (χ3v) is 3.07. The van der Waals surface area contributed by atoms with Gasteiger partial charge in [-0.15, -0.1) is 10.2 Å². The molecule has 5 heteroatoms. The Morgan fingerprint density at radius 1 is 1.17 bits per heavy atom. The Hall–Kier alpha value is -1.20. The van der Waals surface area contributed by atoms with Crippen molar-refractivity contribution in [2.45, 2.75) is 19.8 Å². The van der Waals surface area contributed by atoms with Gasteiger partial charge >= 0.3 is 0 Å². The molecule has 1 heterocycles. The number of hydrogen-bond donors (Lipinski definition) is 1. The van der Waals surface area contributed by atoms with Gasteiger partial charge in [-0.2, -0.15) is 0 Å². The molecule has 0 amide bonds. The summed E-state index contributed by atoms with van der Waals surface area (Å²) in [6, 6.07) is 8.12. The standard InChI is InChI=1S/C13H16BrN3O/c1-2-15-8-7-12-16-17-13(18-12)9-10-3-5-11(14)6-4-10/h3-6,15H,2,7-9H2,1H3. The first-order valence-corrected chi connectivity index (χ1v) is 6.83. The van der Waals surface area contributed by atoms with E-state index in [4.69, 9.17) is 4.42 Å². The van der Waals surface area contributed by atoms with Gasteiger partial charge < -0.3 is 9.73 Å². The van der Waals surface area contributed by atoms with Crippen molar-refractivity contribution in [3.63, 3.8) is 0 Å². The van der Waals surface area contributed by atoms with E-state index >= 15 is 0 Å².